The van der Waals surface area contributed by atoms with Gasteiger partial charge < -0.3 is 20.3 Å². The second-order valence-corrected chi connectivity index (χ2v) is 10.1. The first-order chi connectivity index (χ1) is 16.0. The SMILES string of the molecule is CN(C)CC(=O)Nc1nc2ccc(Sc3nnc4ccc(NC5CCOCC5)nn34)cc2s1. The summed E-state index contributed by atoms with van der Waals surface area (Å²) in [7, 11) is 3.71. The molecule has 172 valence electrons. The number of rotatable bonds is 7. The first kappa shape index (κ1) is 22.0. The number of benzene rings is 1. The van der Waals surface area contributed by atoms with Crippen molar-refractivity contribution in [1.82, 2.24) is 29.7 Å². The maximum absolute atomic E-state index is 12.0. The van der Waals surface area contributed by atoms with Gasteiger partial charge in [-0.1, -0.05) is 11.3 Å². The lowest BCUT2D eigenvalue weighted by molar-refractivity contribution is -0.116. The van der Waals surface area contributed by atoms with Gasteiger partial charge in [0.05, 0.1) is 16.8 Å². The molecule has 10 nitrogen and oxygen atoms in total. The molecule has 3 aromatic heterocycles. The molecule has 0 spiro atoms. The van der Waals surface area contributed by atoms with Crippen molar-refractivity contribution in [3.8, 4) is 0 Å². The second kappa shape index (κ2) is 9.59. The summed E-state index contributed by atoms with van der Waals surface area (Å²) < 4.78 is 8.18. The number of hydrogen-bond donors (Lipinski definition) is 2. The fraction of sp³-hybridized carbons (Fsp3) is 0.381. The number of anilines is 2. The van der Waals surface area contributed by atoms with Gasteiger partial charge in [0.1, 0.15) is 5.82 Å². The Balaban J connectivity index is 1.33. The zero-order valence-electron chi connectivity index (χ0n) is 18.3. The summed E-state index contributed by atoms with van der Waals surface area (Å²) >= 11 is 2.94. The molecule has 0 saturated carbocycles. The first-order valence-corrected chi connectivity index (χ1v) is 12.3. The molecule has 0 unspecified atom stereocenters. The molecule has 1 aliphatic heterocycles. The van der Waals surface area contributed by atoms with Gasteiger partial charge in [-0.15, -0.1) is 15.3 Å². The first-order valence-electron chi connectivity index (χ1n) is 10.6. The fourth-order valence-electron chi connectivity index (χ4n) is 3.53. The Morgan fingerprint density at radius 3 is 2.91 bits per heavy atom. The van der Waals surface area contributed by atoms with E-state index in [9.17, 15) is 4.79 Å². The van der Waals surface area contributed by atoms with Crippen LogP contribution in [0.1, 0.15) is 12.8 Å². The van der Waals surface area contributed by atoms with Crippen molar-refractivity contribution in [3.63, 3.8) is 0 Å². The number of nitrogens with one attached hydrogen (secondary N) is 2. The van der Waals surface area contributed by atoms with E-state index in [0.29, 0.717) is 28.5 Å². The van der Waals surface area contributed by atoms with E-state index in [2.05, 4.69) is 25.8 Å². The van der Waals surface area contributed by atoms with Gasteiger partial charge in [-0.3, -0.25) is 4.79 Å². The van der Waals surface area contributed by atoms with Crippen LogP contribution in [0.5, 0.6) is 0 Å². The van der Waals surface area contributed by atoms with Crippen LogP contribution < -0.4 is 10.6 Å². The predicted molar refractivity (Wildman–Crippen MR) is 129 cm³/mol. The lowest BCUT2D eigenvalue weighted by Crippen LogP contribution is -2.28. The molecule has 0 atom stereocenters. The van der Waals surface area contributed by atoms with Gasteiger partial charge in [0.25, 0.3) is 0 Å². The molecule has 1 aromatic carbocycles. The largest absolute Gasteiger partial charge is 0.381 e. The van der Waals surface area contributed by atoms with Crippen LogP contribution in [0.3, 0.4) is 0 Å². The highest BCUT2D eigenvalue weighted by Crippen LogP contribution is 2.33. The van der Waals surface area contributed by atoms with Crippen LogP contribution in [0.25, 0.3) is 15.9 Å². The fourth-order valence-corrected chi connectivity index (χ4v) is 5.36. The number of carbonyl (C=O) groups excluding carboxylic acids is 1. The van der Waals surface area contributed by atoms with Crippen molar-refractivity contribution in [2.75, 3.05) is 44.5 Å². The number of likely N-dealkylation sites (N-methyl/N-ethyl adjacent to an activating group) is 1. The summed E-state index contributed by atoms with van der Waals surface area (Å²) in [6.07, 6.45) is 1.94. The van der Waals surface area contributed by atoms with Crippen molar-refractivity contribution in [2.24, 2.45) is 0 Å². The van der Waals surface area contributed by atoms with Gasteiger partial charge in [-0.2, -0.15) is 4.52 Å². The Bertz CT molecular complexity index is 1280. The number of fused-ring (bicyclic) bond motifs is 2. The summed E-state index contributed by atoms with van der Waals surface area (Å²) in [5, 5.41) is 20.9. The van der Waals surface area contributed by atoms with E-state index in [1.54, 1.807) is 4.52 Å². The highest BCUT2D eigenvalue weighted by atomic mass is 32.2. The molecular formula is C21H24N8O2S2. The van der Waals surface area contributed by atoms with Crippen molar-refractivity contribution in [1.29, 1.82) is 0 Å². The van der Waals surface area contributed by atoms with Crippen LogP contribution in [0.15, 0.2) is 40.4 Å². The lowest BCUT2D eigenvalue weighted by atomic mass is 10.1. The molecule has 0 aliphatic carbocycles. The molecule has 1 aliphatic rings. The van der Waals surface area contributed by atoms with Gasteiger partial charge in [-0.05, 0) is 69.0 Å². The number of aromatic nitrogens is 5. The molecule has 1 saturated heterocycles. The van der Waals surface area contributed by atoms with E-state index in [1.165, 1.54) is 23.1 Å². The quantitative estimate of drug-likeness (QED) is 0.409. The minimum atomic E-state index is -0.0835. The smallest absolute Gasteiger partial charge is 0.240 e. The van der Waals surface area contributed by atoms with Crippen molar-refractivity contribution in [2.45, 2.75) is 28.9 Å². The van der Waals surface area contributed by atoms with Crippen LogP contribution in [0.4, 0.5) is 10.9 Å². The molecule has 0 radical (unpaired) electrons. The van der Waals surface area contributed by atoms with Gasteiger partial charge in [0.15, 0.2) is 10.8 Å². The van der Waals surface area contributed by atoms with Gasteiger partial charge in [0.2, 0.25) is 11.1 Å². The van der Waals surface area contributed by atoms with E-state index >= 15 is 0 Å². The van der Waals surface area contributed by atoms with E-state index in [4.69, 9.17) is 9.84 Å². The lowest BCUT2D eigenvalue weighted by Gasteiger charge is -2.23. The summed E-state index contributed by atoms with van der Waals surface area (Å²) in [6, 6.07) is 10.2. The van der Waals surface area contributed by atoms with Crippen molar-refractivity contribution >= 4 is 55.8 Å². The molecule has 4 heterocycles. The maximum atomic E-state index is 12.0. The van der Waals surface area contributed by atoms with Crippen LogP contribution in [-0.4, -0.2) is 75.5 Å². The molecule has 1 fully saturated rings. The normalized spacial score (nSPS) is 14.9. The molecule has 0 bridgehead atoms. The third-order valence-corrected chi connectivity index (χ3v) is 6.94. The number of ether oxygens (including phenoxy) is 1. The number of carbonyl (C=O) groups is 1. The number of nitrogens with zero attached hydrogens (tertiary/aromatic N) is 6. The van der Waals surface area contributed by atoms with Crippen LogP contribution >= 0.6 is 23.1 Å². The Morgan fingerprint density at radius 2 is 2.09 bits per heavy atom. The second-order valence-electron chi connectivity index (χ2n) is 8.04. The molecular weight excluding hydrogens is 460 g/mol. The highest BCUT2D eigenvalue weighted by molar-refractivity contribution is 7.99. The Hall–Kier alpha value is -2.80. The van der Waals surface area contributed by atoms with Crippen LogP contribution in [-0.2, 0) is 9.53 Å². The third kappa shape index (κ3) is 5.24. The third-order valence-electron chi connectivity index (χ3n) is 5.08. The Labute approximate surface area is 198 Å². The van der Waals surface area contributed by atoms with Gasteiger partial charge in [0, 0.05) is 24.2 Å². The van der Waals surface area contributed by atoms with E-state index in [-0.39, 0.29) is 5.91 Å². The minimum absolute atomic E-state index is 0.0835. The highest BCUT2D eigenvalue weighted by Gasteiger charge is 2.16. The maximum Gasteiger partial charge on any atom is 0.240 e. The molecule has 1 amide bonds. The average molecular weight is 485 g/mol. The monoisotopic (exact) mass is 484 g/mol. The zero-order valence-corrected chi connectivity index (χ0v) is 19.9. The zero-order chi connectivity index (χ0) is 22.8. The van der Waals surface area contributed by atoms with E-state index < -0.39 is 0 Å². The summed E-state index contributed by atoms with van der Waals surface area (Å²) in [6.45, 7) is 1.86. The Morgan fingerprint density at radius 1 is 1.24 bits per heavy atom. The van der Waals surface area contributed by atoms with Crippen LogP contribution in [0.2, 0.25) is 0 Å². The summed E-state index contributed by atoms with van der Waals surface area (Å²) in [5.74, 6) is 0.715. The standard InChI is InChI=1S/C21H24N8O2S2/c1-28(2)12-19(30)24-20-23-15-4-3-14(11-16(15)33-20)32-21-26-25-18-6-5-17(27-29(18)21)22-13-7-9-31-10-8-13/h3-6,11,13H,7-10,12H2,1-2H3,(H,22,27)(H,23,24,30). The predicted octanol–water partition coefficient (Wildman–Crippen LogP) is 2.98. The number of thiazole rings is 1. The van der Waals surface area contributed by atoms with Crippen LogP contribution in [0, 0.1) is 0 Å². The molecule has 4 aromatic rings. The van der Waals surface area contributed by atoms with E-state index in [1.807, 2.05) is 49.3 Å². The van der Waals surface area contributed by atoms with Crippen molar-refractivity contribution in [3.05, 3.63) is 30.3 Å². The van der Waals surface area contributed by atoms with E-state index in [0.717, 1.165) is 47.0 Å². The summed E-state index contributed by atoms with van der Waals surface area (Å²) in [4.78, 5) is 19.4. The minimum Gasteiger partial charge on any atom is -0.381 e. The van der Waals surface area contributed by atoms with Gasteiger partial charge >= 0.3 is 0 Å². The topological polar surface area (TPSA) is 110 Å². The molecule has 5 rings (SSSR count). The molecule has 33 heavy (non-hydrogen) atoms. The number of amides is 1. The number of hydrogen-bond acceptors (Lipinski definition) is 10. The van der Waals surface area contributed by atoms with Gasteiger partial charge in [-0.25, -0.2) is 4.98 Å². The summed E-state index contributed by atoms with van der Waals surface area (Å²) in [5.41, 5.74) is 1.54. The van der Waals surface area contributed by atoms with Crippen molar-refractivity contribution < 1.29 is 9.53 Å². The molecule has 2 N–H and O–H groups in total. The molecule has 12 heteroatoms. The Kier molecular flexibility index (Phi) is 6.40. The average Bonchev–Trinajstić information content (AvgIpc) is 3.37.